The van der Waals surface area contributed by atoms with Gasteiger partial charge in [0.25, 0.3) is 0 Å². The number of nitrogens with one attached hydrogen (secondary N) is 1. The Morgan fingerprint density at radius 2 is 2.60 bits per heavy atom. The summed E-state index contributed by atoms with van der Waals surface area (Å²) < 4.78 is 7.81. The molecule has 0 bridgehead atoms. The van der Waals surface area contributed by atoms with E-state index in [1.54, 1.807) is 0 Å². The first kappa shape index (κ1) is 6.06. The van der Waals surface area contributed by atoms with E-state index in [1.165, 1.54) is 0 Å². The molecule has 0 spiro atoms. The van der Waals surface area contributed by atoms with Gasteiger partial charge in [0.15, 0.2) is 10.6 Å². The molecule has 0 fully saturated rings. The van der Waals surface area contributed by atoms with E-state index in [9.17, 15) is 0 Å². The van der Waals surface area contributed by atoms with Crippen LogP contribution >= 0.6 is 12.2 Å². The molecule has 1 aromatic rings. The van der Waals surface area contributed by atoms with Gasteiger partial charge in [-0.3, -0.25) is 9.67 Å². The molecule has 1 N–H and O–H groups in total. The first-order valence-corrected chi connectivity index (χ1v) is 3.50. The van der Waals surface area contributed by atoms with Crippen molar-refractivity contribution >= 4 is 12.2 Å². The van der Waals surface area contributed by atoms with Crippen LogP contribution in [-0.2, 0) is 17.9 Å². The van der Waals surface area contributed by atoms with Crippen molar-refractivity contribution in [3.05, 3.63) is 10.6 Å². The van der Waals surface area contributed by atoms with Crippen molar-refractivity contribution in [2.75, 3.05) is 6.61 Å². The van der Waals surface area contributed by atoms with Gasteiger partial charge in [0.1, 0.15) is 6.61 Å². The fourth-order valence-electron chi connectivity index (χ4n) is 1.01. The van der Waals surface area contributed by atoms with Gasteiger partial charge in [-0.25, -0.2) is 0 Å². The van der Waals surface area contributed by atoms with Gasteiger partial charge in [0.2, 0.25) is 0 Å². The van der Waals surface area contributed by atoms with Gasteiger partial charge in [0.05, 0.1) is 13.2 Å². The first-order valence-electron chi connectivity index (χ1n) is 3.10. The molecule has 1 aliphatic rings. The van der Waals surface area contributed by atoms with E-state index >= 15 is 0 Å². The Morgan fingerprint density at radius 3 is 3.40 bits per heavy atom. The molecule has 4 nitrogen and oxygen atoms in total. The summed E-state index contributed by atoms with van der Waals surface area (Å²) in [5.74, 6) is 0.899. The van der Waals surface area contributed by atoms with E-state index in [-0.39, 0.29) is 0 Å². The van der Waals surface area contributed by atoms with Crippen LogP contribution in [0.5, 0.6) is 0 Å². The average molecular weight is 157 g/mol. The number of aromatic nitrogens is 3. The summed E-state index contributed by atoms with van der Waals surface area (Å²) in [4.78, 5) is 0. The molecule has 0 radical (unpaired) electrons. The van der Waals surface area contributed by atoms with Crippen LogP contribution in [0.4, 0.5) is 0 Å². The smallest absolute Gasteiger partial charge is 0.195 e. The van der Waals surface area contributed by atoms with E-state index < -0.39 is 0 Å². The summed E-state index contributed by atoms with van der Waals surface area (Å²) in [6, 6.07) is 0. The van der Waals surface area contributed by atoms with Crippen molar-refractivity contribution in [3.63, 3.8) is 0 Å². The topological polar surface area (TPSA) is 42.8 Å². The zero-order valence-corrected chi connectivity index (χ0v) is 6.15. The lowest BCUT2D eigenvalue weighted by molar-refractivity contribution is 0.0811. The minimum Gasteiger partial charge on any atom is -0.372 e. The predicted molar refractivity (Wildman–Crippen MR) is 37.1 cm³/mol. The van der Waals surface area contributed by atoms with E-state index in [0.717, 1.165) is 19.0 Å². The predicted octanol–water partition coefficient (Wildman–Crippen LogP) is 0.471. The zero-order valence-electron chi connectivity index (χ0n) is 5.33. The van der Waals surface area contributed by atoms with Crippen LogP contribution in [0, 0.1) is 4.77 Å². The minimum absolute atomic E-state index is 0.577. The number of hydrogen-bond acceptors (Lipinski definition) is 3. The van der Waals surface area contributed by atoms with E-state index in [2.05, 4.69) is 10.2 Å². The Hall–Kier alpha value is -0.680. The molecule has 0 amide bonds. The monoisotopic (exact) mass is 157 g/mol. The fraction of sp³-hybridized carbons (Fsp3) is 0.600. The molecule has 10 heavy (non-hydrogen) atoms. The lowest BCUT2D eigenvalue weighted by atomic mass is 10.5. The van der Waals surface area contributed by atoms with Crippen molar-refractivity contribution in [3.8, 4) is 0 Å². The van der Waals surface area contributed by atoms with Crippen LogP contribution in [0.25, 0.3) is 0 Å². The normalized spacial score (nSPS) is 16.8. The third kappa shape index (κ3) is 0.783. The highest BCUT2D eigenvalue weighted by Crippen LogP contribution is 2.04. The van der Waals surface area contributed by atoms with Crippen LogP contribution in [0.2, 0.25) is 0 Å². The Balaban J connectivity index is 2.55. The molecule has 54 valence electrons. The first-order chi connectivity index (χ1) is 4.88. The van der Waals surface area contributed by atoms with Gasteiger partial charge in [-0.05, 0) is 12.2 Å². The molecule has 0 aromatic carbocycles. The van der Waals surface area contributed by atoms with Gasteiger partial charge < -0.3 is 4.74 Å². The molecule has 5 heteroatoms. The number of aromatic amines is 1. The van der Waals surface area contributed by atoms with Crippen LogP contribution in [0.1, 0.15) is 5.82 Å². The van der Waals surface area contributed by atoms with Crippen LogP contribution < -0.4 is 0 Å². The minimum atomic E-state index is 0.577. The zero-order chi connectivity index (χ0) is 6.97. The maximum Gasteiger partial charge on any atom is 0.195 e. The maximum absolute atomic E-state index is 5.16. The van der Waals surface area contributed by atoms with Crippen LogP contribution in [0.3, 0.4) is 0 Å². The lowest BCUT2D eigenvalue weighted by Crippen LogP contribution is -2.16. The SMILES string of the molecule is S=c1[nH]nc2n1CCOC2. The van der Waals surface area contributed by atoms with Gasteiger partial charge in [0, 0.05) is 0 Å². The van der Waals surface area contributed by atoms with Crippen molar-refractivity contribution in [1.29, 1.82) is 0 Å². The average Bonchev–Trinajstić information content (AvgIpc) is 2.34. The van der Waals surface area contributed by atoms with Gasteiger partial charge in [-0.2, -0.15) is 5.10 Å². The van der Waals surface area contributed by atoms with Crippen molar-refractivity contribution < 1.29 is 4.74 Å². The lowest BCUT2D eigenvalue weighted by Gasteiger charge is -2.12. The third-order valence-electron chi connectivity index (χ3n) is 1.53. The highest BCUT2D eigenvalue weighted by atomic mass is 32.1. The van der Waals surface area contributed by atoms with Crippen molar-refractivity contribution in [2.45, 2.75) is 13.2 Å². The second-order valence-corrected chi connectivity index (χ2v) is 2.54. The molecule has 1 aliphatic heterocycles. The standard InChI is InChI=1S/C5H7N3OS/c10-5-7-6-4-3-9-2-1-8(4)5/h1-3H2,(H,7,10). The highest BCUT2D eigenvalue weighted by molar-refractivity contribution is 7.71. The number of fused-ring (bicyclic) bond motifs is 1. The van der Waals surface area contributed by atoms with Crippen LogP contribution in [-0.4, -0.2) is 21.4 Å². The Labute approximate surface area is 62.8 Å². The van der Waals surface area contributed by atoms with Crippen molar-refractivity contribution in [2.24, 2.45) is 0 Å². The molecule has 0 unspecified atom stereocenters. The Bertz CT molecular complexity index is 289. The second-order valence-electron chi connectivity index (χ2n) is 2.15. The van der Waals surface area contributed by atoms with Gasteiger partial charge in [-0.15, -0.1) is 0 Å². The van der Waals surface area contributed by atoms with Gasteiger partial charge >= 0.3 is 0 Å². The summed E-state index contributed by atoms with van der Waals surface area (Å²) in [5, 5.41) is 6.69. The Kier molecular flexibility index (Phi) is 1.32. The van der Waals surface area contributed by atoms with E-state index in [1.807, 2.05) is 4.57 Å². The molecular formula is C5H7N3OS. The molecule has 2 heterocycles. The summed E-state index contributed by atoms with van der Waals surface area (Å²) in [5.41, 5.74) is 0. The summed E-state index contributed by atoms with van der Waals surface area (Å²) >= 11 is 4.96. The number of hydrogen-bond donors (Lipinski definition) is 1. The van der Waals surface area contributed by atoms with E-state index in [0.29, 0.717) is 11.4 Å². The molecule has 2 rings (SSSR count). The highest BCUT2D eigenvalue weighted by Gasteiger charge is 2.09. The van der Waals surface area contributed by atoms with Crippen molar-refractivity contribution in [1.82, 2.24) is 14.8 Å². The molecule has 0 atom stereocenters. The second kappa shape index (κ2) is 2.17. The number of ether oxygens (including phenoxy) is 1. The molecular weight excluding hydrogens is 150 g/mol. The molecule has 0 aliphatic carbocycles. The number of rotatable bonds is 0. The third-order valence-corrected chi connectivity index (χ3v) is 1.84. The Morgan fingerprint density at radius 1 is 1.70 bits per heavy atom. The largest absolute Gasteiger partial charge is 0.372 e. The summed E-state index contributed by atoms with van der Waals surface area (Å²) in [6.07, 6.45) is 0. The fourth-order valence-corrected chi connectivity index (χ4v) is 1.25. The number of H-pyrrole nitrogens is 1. The quantitative estimate of drug-likeness (QED) is 0.557. The molecule has 0 saturated heterocycles. The van der Waals surface area contributed by atoms with Gasteiger partial charge in [-0.1, -0.05) is 0 Å². The summed E-state index contributed by atoms with van der Waals surface area (Å²) in [6.45, 7) is 2.14. The molecule has 1 aromatic heterocycles. The van der Waals surface area contributed by atoms with Crippen LogP contribution in [0.15, 0.2) is 0 Å². The summed E-state index contributed by atoms with van der Waals surface area (Å²) in [7, 11) is 0. The number of nitrogens with zero attached hydrogens (tertiary/aromatic N) is 2. The molecule has 0 saturated carbocycles. The van der Waals surface area contributed by atoms with E-state index in [4.69, 9.17) is 17.0 Å². The maximum atomic E-state index is 5.16.